The van der Waals surface area contributed by atoms with Gasteiger partial charge in [0.05, 0.1) is 0 Å². The molecule has 5 rings (SSSR count). The van der Waals surface area contributed by atoms with E-state index in [2.05, 4.69) is 72.5 Å². The Hall–Kier alpha value is -2.78. The molecule has 0 spiro atoms. The molecule has 0 unspecified atom stereocenters. The second-order valence-corrected chi connectivity index (χ2v) is 9.53. The molecule has 3 aromatic carbocycles. The molecule has 3 heteroatoms. The molecule has 166 valence electrons. The van der Waals surface area contributed by atoms with E-state index in [0.717, 1.165) is 37.7 Å². The first-order valence-electron chi connectivity index (χ1n) is 12.0. The molecular formula is C29H33NO2. The summed E-state index contributed by atoms with van der Waals surface area (Å²) in [7, 11) is 0. The van der Waals surface area contributed by atoms with Crippen molar-refractivity contribution in [3.05, 3.63) is 95.1 Å². The summed E-state index contributed by atoms with van der Waals surface area (Å²) in [6, 6.07) is 25.5. The maximum Gasteiger partial charge on any atom is 0.119 e. The van der Waals surface area contributed by atoms with Crippen LogP contribution in [0.1, 0.15) is 53.9 Å². The van der Waals surface area contributed by atoms with Crippen LogP contribution < -0.4 is 4.74 Å². The summed E-state index contributed by atoms with van der Waals surface area (Å²) in [4.78, 5) is 2.50. The zero-order valence-electron chi connectivity index (χ0n) is 18.9. The molecular weight excluding hydrogens is 394 g/mol. The summed E-state index contributed by atoms with van der Waals surface area (Å²) in [5, 5.41) is 10.0. The number of hydrogen-bond acceptors (Lipinski definition) is 3. The van der Waals surface area contributed by atoms with E-state index in [9.17, 15) is 5.11 Å². The van der Waals surface area contributed by atoms with Crippen molar-refractivity contribution >= 4 is 0 Å². The molecule has 0 saturated carbocycles. The van der Waals surface area contributed by atoms with Gasteiger partial charge in [0.25, 0.3) is 0 Å². The second kappa shape index (κ2) is 9.38. The van der Waals surface area contributed by atoms with Crippen LogP contribution in [-0.4, -0.2) is 36.2 Å². The predicted octanol–water partition coefficient (Wildman–Crippen LogP) is 5.97. The number of phenolic OH excluding ortho intramolecular Hbond substituents is 1. The zero-order valence-corrected chi connectivity index (χ0v) is 18.9. The lowest BCUT2D eigenvalue weighted by Gasteiger charge is -2.35. The maximum absolute atomic E-state index is 10.0. The highest BCUT2D eigenvalue weighted by Crippen LogP contribution is 2.47. The van der Waals surface area contributed by atoms with Gasteiger partial charge in [-0.05, 0) is 84.2 Å². The average molecular weight is 428 g/mol. The van der Waals surface area contributed by atoms with Crippen molar-refractivity contribution in [1.29, 1.82) is 0 Å². The summed E-state index contributed by atoms with van der Waals surface area (Å²) in [5.74, 6) is 2.82. The summed E-state index contributed by atoms with van der Waals surface area (Å²) >= 11 is 0. The van der Waals surface area contributed by atoms with E-state index in [0.29, 0.717) is 11.7 Å². The van der Waals surface area contributed by atoms with Gasteiger partial charge in [-0.1, -0.05) is 55.5 Å². The monoisotopic (exact) mass is 427 g/mol. The smallest absolute Gasteiger partial charge is 0.119 e. The number of benzene rings is 3. The fraction of sp³-hybridized carbons (Fsp3) is 0.379. The van der Waals surface area contributed by atoms with Gasteiger partial charge in [-0.2, -0.15) is 0 Å². The molecule has 1 heterocycles. The third-order valence-electron chi connectivity index (χ3n) is 7.24. The number of phenols is 1. The van der Waals surface area contributed by atoms with Crippen LogP contribution in [0.3, 0.4) is 0 Å². The minimum atomic E-state index is 0.280. The molecule has 1 saturated heterocycles. The molecule has 1 aliphatic heterocycles. The SMILES string of the molecule is C[C@@H]1CCN(CCOc2ccc([C@@H]3c4ccc(O)cc4CC[C@@H]3c3ccccc3)cc2)C1. The van der Waals surface area contributed by atoms with Crippen molar-refractivity contribution in [2.24, 2.45) is 5.92 Å². The van der Waals surface area contributed by atoms with E-state index >= 15 is 0 Å². The van der Waals surface area contributed by atoms with Crippen molar-refractivity contribution in [3.8, 4) is 11.5 Å². The molecule has 32 heavy (non-hydrogen) atoms. The lowest BCUT2D eigenvalue weighted by atomic mass is 9.69. The number of fused-ring (bicyclic) bond motifs is 1. The molecule has 1 fully saturated rings. The van der Waals surface area contributed by atoms with E-state index in [1.807, 2.05) is 12.1 Å². The highest BCUT2D eigenvalue weighted by molar-refractivity contribution is 5.48. The van der Waals surface area contributed by atoms with Crippen LogP contribution in [0.5, 0.6) is 11.5 Å². The fourth-order valence-corrected chi connectivity index (χ4v) is 5.57. The lowest BCUT2D eigenvalue weighted by Crippen LogP contribution is -2.25. The van der Waals surface area contributed by atoms with Gasteiger partial charge in [0.15, 0.2) is 0 Å². The van der Waals surface area contributed by atoms with E-state index in [4.69, 9.17) is 4.74 Å². The van der Waals surface area contributed by atoms with Gasteiger partial charge in [-0.25, -0.2) is 0 Å². The number of hydrogen-bond donors (Lipinski definition) is 1. The Morgan fingerprint density at radius 2 is 1.75 bits per heavy atom. The van der Waals surface area contributed by atoms with Crippen molar-refractivity contribution in [2.45, 2.75) is 38.0 Å². The van der Waals surface area contributed by atoms with E-state index in [1.165, 1.54) is 41.8 Å². The Morgan fingerprint density at radius 3 is 2.50 bits per heavy atom. The van der Waals surface area contributed by atoms with Gasteiger partial charge in [-0.15, -0.1) is 0 Å². The van der Waals surface area contributed by atoms with Crippen LogP contribution in [0.4, 0.5) is 0 Å². The number of aryl methyl sites for hydroxylation is 1. The number of aromatic hydroxyl groups is 1. The van der Waals surface area contributed by atoms with Gasteiger partial charge in [0.2, 0.25) is 0 Å². The van der Waals surface area contributed by atoms with Crippen molar-refractivity contribution in [1.82, 2.24) is 4.90 Å². The molecule has 3 atom stereocenters. The second-order valence-electron chi connectivity index (χ2n) is 9.53. The molecule has 0 bridgehead atoms. The average Bonchev–Trinajstić information content (AvgIpc) is 3.24. The first-order chi connectivity index (χ1) is 15.7. The highest BCUT2D eigenvalue weighted by atomic mass is 16.5. The van der Waals surface area contributed by atoms with Crippen LogP contribution in [0.25, 0.3) is 0 Å². The highest BCUT2D eigenvalue weighted by Gasteiger charge is 2.32. The minimum absolute atomic E-state index is 0.280. The molecule has 0 radical (unpaired) electrons. The Labute approximate surface area is 191 Å². The summed E-state index contributed by atoms with van der Waals surface area (Å²) in [6.45, 7) is 6.46. The van der Waals surface area contributed by atoms with E-state index < -0.39 is 0 Å². The predicted molar refractivity (Wildman–Crippen MR) is 130 cm³/mol. The molecule has 0 amide bonds. The van der Waals surface area contributed by atoms with Crippen LogP contribution in [0.2, 0.25) is 0 Å². The Balaban J connectivity index is 1.35. The van der Waals surface area contributed by atoms with Gasteiger partial charge in [-0.3, -0.25) is 4.90 Å². The Morgan fingerprint density at radius 1 is 0.938 bits per heavy atom. The molecule has 3 nitrogen and oxygen atoms in total. The third kappa shape index (κ3) is 4.54. The summed E-state index contributed by atoms with van der Waals surface area (Å²) in [6.07, 6.45) is 3.38. The quantitative estimate of drug-likeness (QED) is 0.526. The first kappa shape index (κ1) is 21.1. The van der Waals surface area contributed by atoms with Gasteiger partial charge < -0.3 is 9.84 Å². The van der Waals surface area contributed by atoms with Gasteiger partial charge in [0, 0.05) is 19.0 Å². The fourth-order valence-electron chi connectivity index (χ4n) is 5.57. The Bertz CT molecular complexity index is 1030. The van der Waals surface area contributed by atoms with Crippen molar-refractivity contribution < 1.29 is 9.84 Å². The van der Waals surface area contributed by atoms with Crippen molar-refractivity contribution in [3.63, 3.8) is 0 Å². The number of nitrogens with zero attached hydrogens (tertiary/aromatic N) is 1. The van der Waals surface area contributed by atoms with Crippen LogP contribution >= 0.6 is 0 Å². The number of rotatable bonds is 6. The molecule has 2 aliphatic rings. The van der Waals surface area contributed by atoms with Crippen molar-refractivity contribution in [2.75, 3.05) is 26.2 Å². The maximum atomic E-state index is 10.0. The van der Waals surface area contributed by atoms with E-state index in [-0.39, 0.29) is 5.92 Å². The molecule has 0 aromatic heterocycles. The first-order valence-corrected chi connectivity index (χ1v) is 12.0. The number of ether oxygens (including phenoxy) is 1. The van der Waals surface area contributed by atoms with Gasteiger partial charge in [0.1, 0.15) is 18.1 Å². The zero-order chi connectivity index (χ0) is 21.9. The van der Waals surface area contributed by atoms with E-state index in [1.54, 1.807) is 0 Å². The van der Waals surface area contributed by atoms with Crippen LogP contribution in [-0.2, 0) is 6.42 Å². The minimum Gasteiger partial charge on any atom is -0.508 e. The lowest BCUT2D eigenvalue weighted by molar-refractivity contribution is 0.234. The third-order valence-corrected chi connectivity index (χ3v) is 7.24. The summed E-state index contributed by atoms with van der Waals surface area (Å²) in [5.41, 5.74) is 5.30. The standard InChI is InChI=1S/C29H33NO2/c1-21-15-16-30(20-21)17-18-32-26-11-7-23(8-12-26)29-27(22-5-3-2-4-6-22)13-9-24-19-25(31)10-14-28(24)29/h2-8,10-12,14,19,21,27,29,31H,9,13,15-18,20H2,1H3/t21-,27-,29+/m1/s1. The summed E-state index contributed by atoms with van der Waals surface area (Å²) < 4.78 is 6.07. The van der Waals surface area contributed by atoms with Crippen LogP contribution in [0, 0.1) is 5.92 Å². The topological polar surface area (TPSA) is 32.7 Å². The molecule has 1 aliphatic carbocycles. The molecule has 3 aromatic rings. The largest absolute Gasteiger partial charge is 0.508 e. The molecule has 1 N–H and O–H groups in total. The van der Waals surface area contributed by atoms with Crippen LogP contribution in [0.15, 0.2) is 72.8 Å². The Kier molecular flexibility index (Phi) is 6.18. The number of likely N-dealkylation sites (tertiary alicyclic amines) is 1. The van der Waals surface area contributed by atoms with Gasteiger partial charge >= 0.3 is 0 Å². The normalized spacial score (nSPS) is 23.1.